The van der Waals surface area contributed by atoms with Crippen molar-refractivity contribution < 1.29 is 9.84 Å². The lowest BCUT2D eigenvalue weighted by atomic mass is 10.0. The Bertz CT molecular complexity index is 326. The van der Waals surface area contributed by atoms with Crippen LogP contribution in [-0.2, 0) is 4.74 Å². The molecule has 1 aromatic rings. The largest absolute Gasteiger partial charge is 0.508 e. The molecule has 1 aromatic carbocycles. The van der Waals surface area contributed by atoms with E-state index in [1.165, 1.54) is 0 Å². The van der Waals surface area contributed by atoms with E-state index in [0.29, 0.717) is 12.4 Å². The molecule has 1 unspecified atom stereocenters. The summed E-state index contributed by atoms with van der Waals surface area (Å²) in [6.07, 6.45) is 1.21. The number of para-hydroxylation sites is 1. The fourth-order valence-electron chi connectivity index (χ4n) is 1.78. The summed E-state index contributed by atoms with van der Waals surface area (Å²) in [4.78, 5) is 0. The van der Waals surface area contributed by atoms with Gasteiger partial charge in [-0.3, -0.25) is 0 Å². The SMILES string of the molecule is CCC(NCCOC(C)C)c1ccccc1O. The predicted molar refractivity (Wildman–Crippen MR) is 70.2 cm³/mol. The third kappa shape index (κ3) is 4.75. The minimum atomic E-state index is 0.187. The van der Waals surface area contributed by atoms with E-state index in [9.17, 15) is 5.11 Å². The second-order valence-corrected chi connectivity index (χ2v) is 4.39. The zero-order valence-corrected chi connectivity index (χ0v) is 10.9. The van der Waals surface area contributed by atoms with Crippen molar-refractivity contribution in [3.8, 4) is 5.75 Å². The summed E-state index contributed by atoms with van der Waals surface area (Å²) in [5, 5.41) is 13.2. The molecule has 0 saturated carbocycles. The standard InChI is InChI=1S/C14H23NO2/c1-4-13(15-9-10-17-11(2)3)12-7-5-6-8-14(12)16/h5-8,11,13,15-16H,4,9-10H2,1-3H3. The molecule has 96 valence electrons. The molecule has 17 heavy (non-hydrogen) atoms. The van der Waals surface area contributed by atoms with Crippen molar-refractivity contribution in [2.24, 2.45) is 0 Å². The number of aromatic hydroxyl groups is 1. The van der Waals surface area contributed by atoms with Gasteiger partial charge in [0.25, 0.3) is 0 Å². The molecule has 0 heterocycles. The van der Waals surface area contributed by atoms with Gasteiger partial charge in [0.05, 0.1) is 12.7 Å². The molecule has 0 aromatic heterocycles. The zero-order valence-electron chi connectivity index (χ0n) is 10.9. The Balaban J connectivity index is 2.46. The Kier molecular flexibility index (Phi) is 6.01. The van der Waals surface area contributed by atoms with E-state index in [1.54, 1.807) is 6.07 Å². The summed E-state index contributed by atoms with van der Waals surface area (Å²) in [5.41, 5.74) is 0.958. The fraction of sp³-hybridized carbons (Fsp3) is 0.571. The number of phenols is 1. The van der Waals surface area contributed by atoms with E-state index in [0.717, 1.165) is 18.5 Å². The summed E-state index contributed by atoms with van der Waals surface area (Å²) in [5.74, 6) is 0.358. The summed E-state index contributed by atoms with van der Waals surface area (Å²) >= 11 is 0. The highest BCUT2D eigenvalue weighted by atomic mass is 16.5. The van der Waals surface area contributed by atoms with Gasteiger partial charge in [-0.1, -0.05) is 25.1 Å². The molecule has 0 radical (unpaired) electrons. The topological polar surface area (TPSA) is 41.5 Å². The maximum Gasteiger partial charge on any atom is 0.120 e. The highest BCUT2D eigenvalue weighted by Gasteiger charge is 2.11. The van der Waals surface area contributed by atoms with Gasteiger partial charge in [0.1, 0.15) is 5.75 Å². The molecule has 0 aliphatic carbocycles. The van der Waals surface area contributed by atoms with E-state index in [-0.39, 0.29) is 12.1 Å². The minimum Gasteiger partial charge on any atom is -0.508 e. The first-order chi connectivity index (χ1) is 8.15. The van der Waals surface area contributed by atoms with Crippen molar-refractivity contribution in [3.63, 3.8) is 0 Å². The summed E-state index contributed by atoms with van der Waals surface area (Å²) in [6.45, 7) is 7.65. The molecule has 0 amide bonds. The van der Waals surface area contributed by atoms with Gasteiger partial charge < -0.3 is 15.2 Å². The van der Waals surface area contributed by atoms with Gasteiger partial charge in [-0.2, -0.15) is 0 Å². The molecule has 0 fully saturated rings. The molecule has 2 N–H and O–H groups in total. The lowest BCUT2D eigenvalue weighted by Crippen LogP contribution is -2.26. The second-order valence-electron chi connectivity index (χ2n) is 4.39. The Labute approximate surface area is 104 Å². The van der Waals surface area contributed by atoms with Gasteiger partial charge in [-0.15, -0.1) is 0 Å². The van der Waals surface area contributed by atoms with Crippen LogP contribution in [0.5, 0.6) is 5.75 Å². The van der Waals surface area contributed by atoms with Crippen LogP contribution in [0.1, 0.15) is 38.8 Å². The van der Waals surface area contributed by atoms with E-state index in [4.69, 9.17) is 4.74 Å². The quantitative estimate of drug-likeness (QED) is 0.716. The van der Waals surface area contributed by atoms with E-state index < -0.39 is 0 Å². The number of hydrogen-bond donors (Lipinski definition) is 2. The van der Waals surface area contributed by atoms with Crippen molar-refractivity contribution >= 4 is 0 Å². The number of phenolic OH excluding ortho intramolecular Hbond substituents is 1. The van der Waals surface area contributed by atoms with Crippen molar-refractivity contribution in [2.75, 3.05) is 13.2 Å². The van der Waals surface area contributed by atoms with E-state index >= 15 is 0 Å². The van der Waals surface area contributed by atoms with Gasteiger partial charge in [0, 0.05) is 18.2 Å². The minimum absolute atomic E-state index is 0.187. The summed E-state index contributed by atoms with van der Waals surface area (Å²) in [6, 6.07) is 7.66. The average Bonchev–Trinajstić information content (AvgIpc) is 2.30. The predicted octanol–water partition coefficient (Wildman–Crippen LogP) is 2.86. The smallest absolute Gasteiger partial charge is 0.120 e. The Morgan fingerprint density at radius 3 is 2.59 bits per heavy atom. The molecule has 0 saturated heterocycles. The van der Waals surface area contributed by atoms with Gasteiger partial charge in [0.2, 0.25) is 0 Å². The van der Waals surface area contributed by atoms with Crippen molar-refractivity contribution in [3.05, 3.63) is 29.8 Å². The number of ether oxygens (including phenoxy) is 1. The Morgan fingerprint density at radius 1 is 1.29 bits per heavy atom. The summed E-state index contributed by atoms with van der Waals surface area (Å²) < 4.78 is 5.48. The van der Waals surface area contributed by atoms with Crippen LogP contribution < -0.4 is 5.32 Å². The molecular formula is C14H23NO2. The monoisotopic (exact) mass is 237 g/mol. The molecule has 0 aliphatic rings. The molecule has 1 rings (SSSR count). The first kappa shape index (κ1) is 14.0. The molecule has 0 aliphatic heterocycles. The van der Waals surface area contributed by atoms with Crippen LogP contribution >= 0.6 is 0 Å². The lowest BCUT2D eigenvalue weighted by molar-refractivity contribution is 0.0792. The average molecular weight is 237 g/mol. The Hall–Kier alpha value is -1.06. The number of nitrogens with one attached hydrogen (secondary N) is 1. The maximum atomic E-state index is 9.79. The first-order valence-electron chi connectivity index (χ1n) is 6.28. The van der Waals surface area contributed by atoms with Crippen molar-refractivity contribution in [1.82, 2.24) is 5.32 Å². The van der Waals surface area contributed by atoms with Gasteiger partial charge in [-0.25, -0.2) is 0 Å². The molecule has 3 nitrogen and oxygen atoms in total. The normalized spacial score (nSPS) is 12.9. The number of hydrogen-bond acceptors (Lipinski definition) is 3. The van der Waals surface area contributed by atoms with Gasteiger partial charge in [0.15, 0.2) is 0 Å². The van der Waals surface area contributed by atoms with Crippen LogP contribution in [0.4, 0.5) is 0 Å². The van der Waals surface area contributed by atoms with Crippen molar-refractivity contribution in [1.29, 1.82) is 0 Å². The van der Waals surface area contributed by atoms with Gasteiger partial charge >= 0.3 is 0 Å². The van der Waals surface area contributed by atoms with Gasteiger partial charge in [-0.05, 0) is 26.3 Å². The third-order valence-electron chi connectivity index (χ3n) is 2.66. The van der Waals surface area contributed by atoms with Crippen LogP contribution in [0.2, 0.25) is 0 Å². The summed E-state index contributed by atoms with van der Waals surface area (Å²) in [7, 11) is 0. The molecular weight excluding hydrogens is 214 g/mol. The molecule has 1 atom stereocenters. The number of benzene rings is 1. The second kappa shape index (κ2) is 7.30. The highest BCUT2D eigenvalue weighted by Crippen LogP contribution is 2.25. The zero-order chi connectivity index (χ0) is 12.7. The first-order valence-corrected chi connectivity index (χ1v) is 6.28. The Morgan fingerprint density at radius 2 is 2.00 bits per heavy atom. The van der Waals surface area contributed by atoms with Crippen LogP contribution in [0.25, 0.3) is 0 Å². The van der Waals surface area contributed by atoms with E-state index in [1.807, 2.05) is 32.0 Å². The number of rotatable bonds is 7. The van der Waals surface area contributed by atoms with Crippen molar-refractivity contribution in [2.45, 2.75) is 39.3 Å². The molecule has 0 spiro atoms. The van der Waals surface area contributed by atoms with E-state index in [2.05, 4.69) is 12.2 Å². The lowest BCUT2D eigenvalue weighted by Gasteiger charge is -2.19. The third-order valence-corrected chi connectivity index (χ3v) is 2.66. The maximum absolute atomic E-state index is 9.79. The van der Waals surface area contributed by atoms with Crippen LogP contribution in [0.15, 0.2) is 24.3 Å². The highest BCUT2D eigenvalue weighted by molar-refractivity contribution is 5.34. The van der Waals surface area contributed by atoms with Crippen LogP contribution in [-0.4, -0.2) is 24.4 Å². The molecule has 3 heteroatoms. The van der Waals surface area contributed by atoms with Crippen LogP contribution in [0, 0.1) is 0 Å². The fourth-order valence-corrected chi connectivity index (χ4v) is 1.78. The molecule has 0 bridgehead atoms. The van der Waals surface area contributed by atoms with Crippen LogP contribution in [0.3, 0.4) is 0 Å².